The van der Waals surface area contributed by atoms with Crippen LogP contribution in [0.2, 0.25) is 0 Å². The second kappa shape index (κ2) is 7.31. The minimum absolute atomic E-state index is 0.743. The predicted molar refractivity (Wildman–Crippen MR) is 93.0 cm³/mol. The van der Waals surface area contributed by atoms with E-state index in [-0.39, 0.29) is 0 Å². The summed E-state index contributed by atoms with van der Waals surface area (Å²) in [5.41, 5.74) is 11.1. The van der Waals surface area contributed by atoms with Crippen molar-refractivity contribution in [3.63, 3.8) is 0 Å². The normalized spacial score (nSPS) is 10.1. The molecule has 0 fully saturated rings. The molecule has 104 valence electrons. The third kappa shape index (κ3) is 4.54. The van der Waals surface area contributed by atoms with Crippen molar-refractivity contribution in [3.05, 3.63) is 65.2 Å². The van der Waals surface area contributed by atoms with Crippen molar-refractivity contribution in [2.75, 3.05) is 5.43 Å². The third-order valence-corrected chi connectivity index (χ3v) is 4.32. The molecular weight excluding hydrogens is 284 g/mol. The van der Waals surface area contributed by atoms with Crippen LogP contribution >= 0.6 is 24.0 Å². The number of para-hydroxylation sites is 1. The van der Waals surface area contributed by atoms with Crippen molar-refractivity contribution < 1.29 is 0 Å². The summed E-state index contributed by atoms with van der Waals surface area (Å²) in [7, 11) is 0. The van der Waals surface area contributed by atoms with Gasteiger partial charge in [0.1, 0.15) is 0 Å². The van der Waals surface area contributed by atoms with E-state index in [0.29, 0.717) is 0 Å². The summed E-state index contributed by atoms with van der Waals surface area (Å²) in [4.78, 5) is 0. The summed E-state index contributed by atoms with van der Waals surface area (Å²) in [6.45, 7) is 4.26. The molecule has 4 heteroatoms. The van der Waals surface area contributed by atoms with Crippen LogP contribution in [0, 0.1) is 13.8 Å². The summed E-state index contributed by atoms with van der Waals surface area (Å²) >= 11 is 6.92. The van der Waals surface area contributed by atoms with Gasteiger partial charge in [-0.25, -0.2) is 0 Å². The molecule has 0 radical (unpaired) electrons. The van der Waals surface area contributed by atoms with Crippen molar-refractivity contribution in [2.24, 2.45) is 0 Å². The second-order valence-corrected chi connectivity index (χ2v) is 6.26. The van der Waals surface area contributed by atoms with E-state index in [2.05, 4.69) is 42.9 Å². The van der Waals surface area contributed by atoms with E-state index in [4.69, 9.17) is 12.2 Å². The highest BCUT2D eigenvalue weighted by molar-refractivity contribution is 8.22. The Balaban J connectivity index is 1.79. The largest absolute Gasteiger partial charge is 0.300 e. The first-order chi connectivity index (χ1) is 9.65. The lowest BCUT2D eigenvalue weighted by atomic mass is 10.1. The number of rotatable bonds is 4. The smallest absolute Gasteiger partial charge is 0.152 e. The van der Waals surface area contributed by atoms with Crippen molar-refractivity contribution in [1.82, 2.24) is 5.43 Å². The first-order valence-corrected chi connectivity index (χ1v) is 7.84. The molecule has 2 N–H and O–H groups in total. The highest BCUT2D eigenvalue weighted by atomic mass is 32.2. The van der Waals surface area contributed by atoms with Gasteiger partial charge in [-0.05, 0) is 42.7 Å². The number of hydrogen-bond acceptors (Lipinski definition) is 3. The van der Waals surface area contributed by atoms with Gasteiger partial charge in [-0.1, -0.05) is 60.4 Å². The van der Waals surface area contributed by atoms with Crippen LogP contribution in [0.1, 0.15) is 16.7 Å². The molecule has 0 saturated carbocycles. The quantitative estimate of drug-likeness (QED) is 0.644. The molecular formula is C16H18N2S2. The van der Waals surface area contributed by atoms with Crippen LogP contribution in [0.4, 0.5) is 5.69 Å². The van der Waals surface area contributed by atoms with Gasteiger partial charge in [0.05, 0.1) is 5.69 Å². The molecule has 0 aliphatic heterocycles. The molecule has 2 rings (SSSR count). The molecule has 0 saturated heterocycles. The first kappa shape index (κ1) is 14.9. The number of nitrogens with one attached hydrogen (secondary N) is 2. The van der Waals surface area contributed by atoms with Crippen LogP contribution in [0.3, 0.4) is 0 Å². The van der Waals surface area contributed by atoms with E-state index < -0.39 is 0 Å². The van der Waals surface area contributed by atoms with Gasteiger partial charge < -0.3 is 0 Å². The van der Waals surface area contributed by atoms with E-state index in [1.807, 2.05) is 30.3 Å². The Morgan fingerprint density at radius 1 is 1.05 bits per heavy atom. The fourth-order valence-electron chi connectivity index (χ4n) is 1.72. The van der Waals surface area contributed by atoms with E-state index in [0.717, 1.165) is 15.8 Å². The van der Waals surface area contributed by atoms with Crippen molar-refractivity contribution in [1.29, 1.82) is 0 Å². The lowest BCUT2D eigenvalue weighted by Crippen LogP contribution is -2.25. The molecule has 0 aromatic heterocycles. The Labute approximate surface area is 130 Å². The lowest BCUT2D eigenvalue weighted by Gasteiger charge is -2.10. The van der Waals surface area contributed by atoms with Gasteiger partial charge in [0, 0.05) is 5.75 Å². The number of thioether (sulfide) groups is 1. The zero-order chi connectivity index (χ0) is 14.4. The minimum Gasteiger partial charge on any atom is -0.300 e. The van der Waals surface area contributed by atoms with E-state index in [9.17, 15) is 0 Å². The van der Waals surface area contributed by atoms with Crippen LogP contribution in [-0.2, 0) is 5.75 Å². The zero-order valence-corrected chi connectivity index (χ0v) is 13.3. The van der Waals surface area contributed by atoms with Gasteiger partial charge in [0.2, 0.25) is 0 Å². The molecule has 2 aromatic rings. The second-order valence-electron chi connectivity index (χ2n) is 4.61. The van der Waals surface area contributed by atoms with E-state index in [1.165, 1.54) is 16.7 Å². The average Bonchev–Trinajstić information content (AvgIpc) is 2.47. The van der Waals surface area contributed by atoms with Gasteiger partial charge in [-0.15, -0.1) is 0 Å². The van der Waals surface area contributed by atoms with Crippen LogP contribution in [0.25, 0.3) is 0 Å². The van der Waals surface area contributed by atoms with Crippen LogP contribution in [0.5, 0.6) is 0 Å². The van der Waals surface area contributed by atoms with Gasteiger partial charge >= 0.3 is 0 Å². The first-order valence-electron chi connectivity index (χ1n) is 6.45. The van der Waals surface area contributed by atoms with Crippen LogP contribution in [0.15, 0.2) is 48.5 Å². The Kier molecular flexibility index (Phi) is 5.44. The summed E-state index contributed by atoms with van der Waals surface area (Å²) in [6.07, 6.45) is 0. The van der Waals surface area contributed by atoms with Crippen LogP contribution in [-0.4, -0.2) is 4.32 Å². The molecule has 0 amide bonds. The number of aryl methyl sites for hydroxylation is 2. The highest BCUT2D eigenvalue weighted by Crippen LogP contribution is 2.16. The van der Waals surface area contributed by atoms with E-state index >= 15 is 0 Å². The maximum absolute atomic E-state index is 5.30. The lowest BCUT2D eigenvalue weighted by molar-refractivity contribution is 1.16. The number of benzene rings is 2. The fourth-order valence-corrected chi connectivity index (χ4v) is 2.55. The van der Waals surface area contributed by atoms with Gasteiger partial charge in [0.25, 0.3) is 0 Å². The topological polar surface area (TPSA) is 24.1 Å². The molecule has 0 heterocycles. The molecule has 20 heavy (non-hydrogen) atoms. The molecule has 0 aliphatic carbocycles. The average molecular weight is 302 g/mol. The number of anilines is 1. The molecule has 2 nitrogen and oxygen atoms in total. The molecule has 2 aromatic carbocycles. The maximum Gasteiger partial charge on any atom is 0.152 e. The van der Waals surface area contributed by atoms with Gasteiger partial charge in [-0.2, -0.15) is 0 Å². The van der Waals surface area contributed by atoms with Gasteiger partial charge in [-0.3, -0.25) is 10.9 Å². The summed E-state index contributed by atoms with van der Waals surface area (Å²) in [5, 5.41) is 0. The molecule has 0 atom stereocenters. The predicted octanol–water partition coefficient (Wildman–Crippen LogP) is 4.44. The molecule has 0 spiro atoms. The standard InChI is InChI=1S/C16H18N2S2/c1-12-8-9-14(10-13(12)2)11-20-16(19)18-17-15-6-4-3-5-7-15/h3-10,17H,11H2,1-2H3,(H,18,19). The summed E-state index contributed by atoms with van der Waals surface area (Å²) < 4.78 is 0.743. The Hall–Kier alpha value is -1.52. The van der Waals surface area contributed by atoms with Gasteiger partial charge in [0.15, 0.2) is 4.32 Å². The van der Waals surface area contributed by atoms with Crippen molar-refractivity contribution in [3.8, 4) is 0 Å². The maximum atomic E-state index is 5.30. The Bertz CT molecular complexity index is 582. The number of hydrazine groups is 1. The Morgan fingerprint density at radius 2 is 1.80 bits per heavy atom. The monoisotopic (exact) mass is 302 g/mol. The fraction of sp³-hybridized carbons (Fsp3) is 0.188. The molecule has 0 bridgehead atoms. The summed E-state index contributed by atoms with van der Waals surface area (Å²) in [5.74, 6) is 0.878. The molecule has 0 unspecified atom stereocenters. The zero-order valence-electron chi connectivity index (χ0n) is 11.6. The van der Waals surface area contributed by atoms with E-state index in [1.54, 1.807) is 11.8 Å². The third-order valence-electron chi connectivity index (χ3n) is 3.02. The highest BCUT2D eigenvalue weighted by Gasteiger charge is 2.00. The Morgan fingerprint density at radius 3 is 2.50 bits per heavy atom. The number of hydrogen-bond donors (Lipinski definition) is 2. The SMILES string of the molecule is Cc1ccc(CSC(=S)NNc2ccccc2)cc1C. The van der Waals surface area contributed by atoms with Crippen molar-refractivity contribution in [2.45, 2.75) is 19.6 Å². The van der Waals surface area contributed by atoms with Crippen LogP contribution < -0.4 is 10.9 Å². The summed E-state index contributed by atoms with van der Waals surface area (Å²) in [6, 6.07) is 16.5. The van der Waals surface area contributed by atoms with Crippen molar-refractivity contribution >= 4 is 34.0 Å². The molecule has 0 aliphatic rings. The number of thiocarbonyl (C=S) groups is 1. The minimum atomic E-state index is 0.743.